The van der Waals surface area contributed by atoms with Crippen LogP contribution in [0, 0.1) is 5.92 Å². The molecule has 4 nitrogen and oxygen atoms in total. The molecule has 1 aliphatic carbocycles. The van der Waals surface area contributed by atoms with Gasteiger partial charge in [0, 0.05) is 18.0 Å². The van der Waals surface area contributed by atoms with Crippen molar-refractivity contribution in [2.75, 3.05) is 13.1 Å². The van der Waals surface area contributed by atoms with E-state index in [1.165, 1.54) is 0 Å². The Morgan fingerprint density at radius 3 is 2.86 bits per heavy atom. The molecule has 1 amide bonds. The maximum Gasteiger partial charge on any atom is 0.242 e. The van der Waals surface area contributed by atoms with Gasteiger partial charge in [0.1, 0.15) is 11.9 Å². The van der Waals surface area contributed by atoms with Gasteiger partial charge in [-0.15, -0.1) is 0 Å². The molecule has 3 rings (SSSR count). The molecule has 1 aliphatic heterocycles. The fraction of sp³-hybridized carbons (Fsp3) is 0.562. The smallest absolute Gasteiger partial charge is 0.242 e. The zero-order valence-electron chi connectivity index (χ0n) is 12.2. The number of ether oxygens (including phenoxy) is 1. The van der Waals surface area contributed by atoms with E-state index in [0.29, 0.717) is 24.0 Å². The molecule has 1 aromatic carbocycles. The minimum absolute atomic E-state index is 0.0161. The summed E-state index contributed by atoms with van der Waals surface area (Å²) >= 11 is 5.95. The average Bonchev–Trinajstić information content (AvgIpc) is 3.20. The highest BCUT2D eigenvalue weighted by atomic mass is 35.5. The van der Waals surface area contributed by atoms with Gasteiger partial charge in [-0.05, 0) is 43.9 Å². The van der Waals surface area contributed by atoms with Gasteiger partial charge in [-0.1, -0.05) is 17.7 Å². The number of carbonyl (C=O) groups excluding carboxylic acids is 1. The second-order valence-electron chi connectivity index (χ2n) is 6.29. The van der Waals surface area contributed by atoms with Crippen LogP contribution in [0.2, 0.25) is 5.02 Å². The van der Waals surface area contributed by atoms with Crippen molar-refractivity contribution in [3.8, 4) is 5.75 Å². The summed E-state index contributed by atoms with van der Waals surface area (Å²) in [6.45, 7) is 3.17. The maximum atomic E-state index is 12.5. The van der Waals surface area contributed by atoms with Crippen molar-refractivity contribution in [1.82, 2.24) is 4.90 Å². The fourth-order valence-corrected chi connectivity index (χ4v) is 3.12. The second kappa shape index (κ2) is 5.50. The zero-order valence-corrected chi connectivity index (χ0v) is 13.0. The Kier molecular flexibility index (Phi) is 3.84. The van der Waals surface area contributed by atoms with Crippen LogP contribution in [0.4, 0.5) is 0 Å². The van der Waals surface area contributed by atoms with Gasteiger partial charge in [-0.25, -0.2) is 0 Å². The Morgan fingerprint density at radius 2 is 2.19 bits per heavy atom. The van der Waals surface area contributed by atoms with E-state index in [0.717, 1.165) is 25.0 Å². The quantitative estimate of drug-likeness (QED) is 0.929. The molecular weight excluding hydrogens is 288 g/mol. The van der Waals surface area contributed by atoms with Gasteiger partial charge in [-0.2, -0.15) is 0 Å². The number of likely N-dealkylation sites (tertiary alicyclic amines) is 1. The summed E-state index contributed by atoms with van der Waals surface area (Å²) in [5, 5.41) is 0.654. The third-order valence-corrected chi connectivity index (χ3v) is 4.65. The van der Waals surface area contributed by atoms with E-state index in [2.05, 4.69) is 0 Å². The number of halogens is 1. The van der Waals surface area contributed by atoms with Crippen molar-refractivity contribution in [2.24, 2.45) is 11.7 Å². The van der Waals surface area contributed by atoms with Crippen LogP contribution in [0.15, 0.2) is 24.3 Å². The Labute approximate surface area is 130 Å². The molecule has 1 heterocycles. The molecule has 1 saturated heterocycles. The van der Waals surface area contributed by atoms with Crippen LogP contribution in [0.3, 0.4) is 0 Å². The van der Waals surface area contributed by atoms with Crippen molar-refractivity contribution in [3.63, 3.8) is 0 Å². The fourth-order valence-electron chi connectivity index (χ4n) is 2.94. The van der Waals surface area contributed by atoms with Crippen LogP contribution in [0.25, 0.3) is 0 Å². The molecule has 2 aliphatic rings. The standard InChI is InChI=1S/C16H21ClN2O2/c1-16(18,11-5-6-11)15(20)19-8-7-14(10-19)21-13-4-2-3-12(17)9-13/h2-4,9,11,14H,5-8,10,18H2,1H3/t14-,16-/m0/s1. The summed E-state index contributed by atoms with van der Waals surface area (Å²) in [5.41, 5.74) is 5.50. The van der Waals surface area contributed by atoms with E-state index >= 15 is 0 Å². The van der Waals surface area contributed by atoms with E-state index in [-0.39, 0.29) is 12.0 Å². The highest BCUT2D eigenvalue weighted by molar-refractivity contribution is 6.30. The molecular formula is C16H21ClN2O2. The molecule has 5 heteroatoms. The molecule has 1 saturated carbocycles. The minimum atomic E-state index is -0.717. The van der Waals surface area contributed by atoms with Crippen molar-refractivity contribution in [2.45, 2.75) is 37.8 Å². The lowest BCUT2D eigenvalue weighted by Crippen LogP contribution is -2.54. The van der Waals surface area contributed by atoms with Crippen LogP contribution < -0.4 is 10.5 Å². The number of amides is 1. The monoisotopic (exact) mass is 308 g/mol. The first kappa shape index (κ1) is 14.7. The van der Waals surface area contributed by atoms with Crippen LogP contribution in [0.5, 0.6) is 5.75 Å². The van der Waals surface area contributed by atoms with Crippen LogP contribution in [-0.4, -0.2) is 35.5 Å². The summed E-state index contributed by atoms with van der Waals surface area (Å²) in [5.74, 6) is 1.15. The van der Waals surface area contributed by atoms with Crippen molar-refractivity contribution >= 4 is 17.5 Å². The predicted octanol–water partition coefficient (Wildman–Crippen LogP) is 2.45. The van der Waals surface area contributed by atoms with Gasteiger partial charge in [0.05, 0.1) is 12.1 Å². The first-order valence-electron chi connectivity index (χ1n) is 7.47. The van der Waals surface area contributed by atoms with Gasteiger partial charge in [0.25, 0.3) is 0 Å². The van der Waals surface area contributed by atoms with E-state index in [1.54, 1.807) is 6.07 Å². The highest BCUT2D eigenvalue weighted by Crippen LogP contribution is 2.39. The summed E-state index contributed by atoms with van der Waals surface area (Å²) in [6.07, 6.45) is 2.98. The number of nitrogens with zero attached hydrogens (tertiary/aromatic N) is 1. The van der Waals surface area contributed by atoms with E-state index in [4.69, 9.17) is 22.1 Å². The number of rotatable bonds is 4. The van der Waals surface area contributed by atoms with Gasteiger partial charge in [0.2, 0.25) is 5.91 Å². The molecule has 2 fully saturated rings. The second-order valence-corrected chi connectivity index (χ2v) is 6.73. The van der Waals surface area contributed by atoms with Gasteiger partial charge >= 0.3 is 0 Å². The Morgan fingerprint density at radius 1 is 1.43 bits per heavy atom. The van der Waals surface area contributed by atoms with Crippen LogP contribution in [0.1, 0.15) is 26.2 Å². The third-order valence-electron chi connectivity index (χ3n) is 4.42. The maximum absolute atomic E-state index is 12.5. The lowest BCUT2D eigenvalue weighted by molar-refractivity contribution is -0.136. The first-order valence-corrected chi connectivity index (χ1v) is 7.85. The highest BCUT2D eigenvalue weighted by Gasteiger charge is 2.47. The molecule has 114 valence electrons. The Balaban J connectivity index is 1.59. The Bertz CT molecular complexity index is 543. The zero-order chi connectivity index (χ0) is 15.0. The number of nitrogens with two attached hydrogens (primary N) is 1. The van der Waals surface area contributed by atoms with Gasteiger partial charge in [-0.3, -0.25) is 4.79 Å². The Hall–Kier alpha value is -1.26. The number of benzene rings is 1. The van der Waals surface area contributed by atoms with Crippen molar-refractivity contribution in [1.29, 1.82) is 0 Å². The van der Waals surface area contributed by atoms with Crippen LogP contribution >= 0.6 is 11.6 Å². The lowest BCUT2D eigenvalue weighted by atomic mass is 9.95. The molecule has 2 N–H and O–H groups in total. The largest absolute Gasteiger partial charge is 0.488 e. The summed E-state index contributed by atoms with van der Waals surface area (Å²) in [7, 11) is 0. The molecule has 2 atom stereocenters. The van der Waals surface area contributed by atoms with E-state index in [9.17, 15) is 4.79 Å². The normalized spacial score (nSPS) is 24.7. The SMILES string of the molecule is C[C@@](N)(C(=O)N1CC[C@H](Oc2cccc(Cl)c2)C1)C1CC1. The van der Waals surface area contributed by atoms with E-state index < -0.39 is 5.54 Å². The number of hydrogen-bond acceptors (Lipinski definition) is 3. The molecule has 0 unspecified atom stereocenters. The molecule has 0 spiro atoms. The van der Waals surface area contributed by atoms with Gasteiger partial charge < -0.3 is 15.4 Å². The number of hydrogen-bond donors (Lipinski definition) is 1. The predicted molar refractivity (Wildman–Crippen MR) is 82.4 cm³/mol. The molecule has 0 radical (unpaired) electrons. The van der Waals surface area contributed by atoms with E-state index in [1.807, 2.05) is 30.0 Å². The van der Waals surface area contributed by atoms with Gasteiger partial charge in [0.15, 0.2) is 0 Å². The molecule has 0 bridgehead atoms. The first-order chi connectivity index (χ1) is 9.96. The third kappa shape index (κ3) is 3.16. The average molecular weight is 309 g/mol. The molecule has 21 heavy (non-hydrogen) atoms. The number of carbonyl (C=O) groups is 1. The van der Waals surface area contributed by atoms with Crippen molar-refractivity contribution < 1.29 is 9.53 Å². The summed E-state index contributed by atoms with van der Waals surface area (Å²) < 4.78 is 5.91. The molecule has 1 aromatic rings. The van der Waals surface area contributed by atoms with Crippen molar-refractivity contribution in [3.05, 3.63) is 29.3 Å². The van der Waals surface area contributed by atoms with Crippen LogP contribution in [-0.2, 0) is 4.79 Å². The minimum Gasteiger partial charge on any atom is -0.488 e. The summed E-state index contributed by atoms with van der Waals surface area (Å²) in [6, 6.07) is 7.35. The summed E-state index contributed by atoms with van der Waals surface area (Å²) in [4.78, 5) is 14.4. The lowest BCUT2D eigenvalue weighted by Gasteiger charge is -2.29. The topological polar surface area (TPSA) is 55.6 Å². The molecule has 0 aromatic heterocycles.